The third-order valence-corrected chi connectivity index (χ3v) is 9.78. The third kappa shape index (κ3) is 2.75. The molecule has 0 saturated heterocycles. The fourth-order valence-corrected chi connectivity index (χ4v) is 2.19. The van der Waals surface area contributed by atoms with Crippen LogP contribution in [-0.4, -0.2) is 0 Å². The second-order valence-electron chi connectivity index (χ2n) is 3.60. The fraction of sp³-hybridized carbons (Fsp3) is 0. The monoisotopic (exact) mass is 514 g/mol. The Morgan fingerprint density at radius 1 is 0.259 bits per heavy atom. The number of hydrogen-bond donors (Lipinski definition) is 0. The summed E-state index contributed by atoms with van der Waals surface area (Å²) in [6, 6.07) is 0. The first-order chi connectivity index (χ1) is 11.9. The maximum Gasteiger partial charge on any atom is 4.00 e. The van der Waals surface area contributed by atoms with Gasteiger partial charge in [0.1, 0.15) is 0 Å². The van der Waals surface area contributed by atoms with Crippen LogP contribution in [-0.2, 0) is 47.7 Å². The molecule has 0 rings (SSSR count). The molecule has 0 aromatic carbocycles. The molecular weight excluding hydrogens is 515 g/mol. The first kappa shape index (κ1) is 27.6. The Morgan fingerprint density at radius 3 is 0.333 bits per heavy atom. The minimum Gasteiger partial charge on any atom is 4.00 e. The molecule has 27 heavy (non-hydrogen) atoms. The van der Waals surface area contributed by atoms with Crippen molar-refractivity contribution in [1.82, 2.24) is 0 Å². The van der Waals surface area contributed by atoms with Crippen molar-refractivity contribution in [3.05, 3.63) is 0 Å². The molecule has 0 aromatic rings. The molecule has 0 spiro atoms. The first-order valence-corrected chi connectivity index (χ1v) is 11.4. The maximum absolute atomic E-state index is 8.58. The summed E-state index contributed by atoms with van der Waals surface area (Å²) < 4.78 is 0. The van der Waals surface area contributed by atoms with Crippen LogP contribution in [0.1, 0.15) is 0 Å². The van der Waals surface area contributed by atoms with Crippen LogP contribution in [0.3, 0.4) is 0 Å². The van der Waals surface area contributed by atoms with Crippen molar-refractivity contribution in [3.8, 4) is 59.6 Å². The van der Waals surface area contributed by atoms with Gasteiger partial charge >= 0.3 is 170 Å². The average Bonchev–Trinajstić information content (AvgIpc) is 2.77. The van der Waals surface area contributed by atoms with Crippen LogP contribution in [0.2, 0.25) is 0 Å². The number of rotatable bonds is 0. The van der Waals surface area contributed by atoms with Crippen molar-refractivity contribution in [2.75, 3.05) is 0 Å². The zero-order valence-electron chi connectivity index (χ0n) is 12.6. The normalized spacial score (nSPS) is 12.9. The van der Waals surface area contributed by atoms with E-state index < -0.39 is 21.5 Å². The summed E-state index contributed by atoms with van der Waals surface area (Å²) in [6.07, 6.45) is 0. The van der Waals surface area contributed by atoms with E-state index in [0.717, 1.165) is 59.6 Å². The van der Waals surface area contributed by atoms with E-state index in [1.165, 1.54) is 0 Å². The van der Waals surface area contributed by atoms with Gasteiger partial charge in [0.05, 0.1) is 0 Å². The molecule has 0 N–H and O–H groups in total. The van der Waals surface area contributed by atoms with Crippen LogP contribution >= 0.6 is 0 Å². The molecule has 128 valence electrons. The van der Waals surface area contributed by atoms with E-state index in [9.17, 15) is 0 Å². The zero-order valence-corrected chi connectivity index (χ0v) is 17.2. The van der Waals surface area contributed by atoms with Gasteiger partial charge in [-0.3, -0.25) is 0 Å². The molecule has 0 aromatic heterocycles. The molecule has 0 aliphatic carbocycles. The smallest absolute Gasteiger partial charge is 4.00 e. The van der Waals surface area contributed by atoms with Gasteiger partial charge in [0, 0.05) is 0 Å². The Morgan fingerprint density at radius 2 is 0.333 bits per heavy atom. The van der Waals surface area contributed by atoms with Gasteiger partial charge in [-0.2, -0.15) is 0 Å². The molecule has 0 radical (unpaired) electrons. The van der Waals surface area contributed by atoms with Crippen LogP contribution in [0.15, 0.2) is 0 Å². The SMILES string of the molecule is N#[C][Fe-2]([C]#N)([C]#N)([C]#N)([C]#N)[C]#N.N#[C][Fe-2]([C]#N)([C]#N)([C]#N)([C]#N)[C]#N.[Zr+4]. The molecule has 0 unspecified atom stereocenters. The molecule has 15 heteroatoms. The molecule has 0 bridgehead atoms. The fourth-order valence-electron chi connectivity index (χ4n) is 0.530. The summed E-state index contributed by atoms with van der Waals surface area (Å²) in [4.78, 5) is 12.4. The van der Waals surface area contributed by atoms with Gasteiger partial charge in [-0.15, -0.1) is 0 Å². The van der Waals surface area contributed by atoms with Crippen LogP contribution in [0.25, 0.3) is 0 Å². The first-order valence-electron chi connectivity index (χ1n) is 4.80. The molecule has 0 heterocycles. The van der Waals surface area contributed by atoms with E-state index in [1.807, 2.05) is 0 Å². The molecule has 0 amide bonds. The number of nitrogens with zero attached hydrogens (tertiary/aromatic N) is 12. The van der Waals surface area contributed by atoms with Crippen LogP contribution < -0.4 is 0 Å². The summed E-state index contributed by atoms with van der Waals surface area (Å²) in [6.45, 7) is 0. The Labute approximate surface area is 169 Å². The van der Waals surface area contributed by atoms with Crippen molar-refractivity contribution >= 4 is 0 Å². The Kier molecular flexibility index (Phi) is 6.76. The summed E-state index contributed by atoms with van der Waals surface area (Å²) in [5.41, 5.74) is 0. The van der Waals surface area contributed by atoms with Crippen LogP contribution in [0.4, 0.5) is 0 Å². The Hall–Kier alpha value is -4.20. The summed E-state index contributed by atoms with van der Waals surface area (Å²) in [5, 5.41) is 103. The quantitative estimate of drug-likeness (QED) is 0.391. The largest absolute Gasteiger partial charge is 4.00 e. The van der Waals surface area contributed by atoms with Gasteiger partial charge in [0.2, 0.25) is 0 Å². The standard InChI is InChI=1S/12CN.2Fe.Zr/c12*1-2;;;/q;;;;;;;;;;;;2*-2;+4. The summed E-state index contributed by atoms with van der Waals surface area (Å²) >= 11 is 0. The van der Waals surface area contributed by atoms with Gasteiger partial charge in [-0.25, -0.2) is 0 Å². The van der Waals surface area contributed by atoms with E-state index in [1.54, 1.807) is 0 Å². The van der Waals surface area contributed by atoms with Gasteiger partial charge in [-0.05, 0) is 0 Å². The molecule has 0 atom stereocenters. The second kappa shape index (κ2) is 6.60. The van der Waals surface area contributed by atoms with Crippen molar-refractivity contribution in [1.29, 1.82) is 63.1 Å². The number of nitriles is 12. The van der Waals surface area contributed by atoms with Crippen molar-refractivity contribution < 1.29 is 47.7 Å². The van der Waals surface area contributed by atoms with Gasteiger partial charge < -0.3 is 0 Å². The average molecular weight is 515 g/mol. The molecular formula is C12Fe2N12Zr. The van der Waals surface area contributed by atoms with Crippen molar-refractivity contribution in [3.63, 3.8) is 0 Å². The minimum atomic E-state index is -6.17. The Bertz CT molecular complexity index is 882. The van der Waals surface area contributed by atoms with Crippen LogP contribution in [0.5, 0.6) is 0 Å². The predicted octanol–water partition coefficient (Wildman–Crippen LogP) is 0.194. The van der Waals surface area contributed by atoms with Crippen molar-refractivity contribution in [2.45, 2.75) is 0 Å². The van der Waals surface area contributed by atoms with Gasteiger partial charge in [0.25, 0.3) is 0 Å². The number of hydrogen-bond acceptors (Lipinski definition) is 12. The second-order valence-corrected chi connectivity index (χ2v) is 14.8. The summed E-state index contributed by atoms with van der Waals surface area (Å²) in [5.74, 6) is 0. The van der Waals surface area contributed by atoms with E-state index in [2.05, 4.69) is 0 Å². The molecule has 12 nitrogen and oxygen atoms in total. The van der Waals surface area contributed by atoms with E-state index >= 15 is 0 Å². The van der Waals surface area contributed by atoms with Gasteiger partial charge in [-0.1, -0.05) is 0 Å². The van der Waals surface area contributed by atoms with Gasteiger partial charge in [0.15, 0.2) is 0 Å². The molecule has 0 saturated carbocycles. The van der Waals surface area contributed by atoms with Crippen LogP contribution in [0, 0.1) is 123 Å². The molecule has 0 aliphatic rings. The van der Waals surface area contributed by atoms with E-state index in [0.29, 0.717) is 0 Å². The minimum absolute atomic E-state index is 0. The van der Waals surface area contributed by atoms with Crippen molar-refractivity contribution in [2.24, 2.45) is 0 Å². The summed E-state index contributed by atoms with van der Waals surface area (Å²) in [7, 11) is -12.3. The molecule has 0 aliphatic heterocycles. The zero-order chi connectivity index (χ0) is 21.3. The Balaban J connectivity index is -0.000000411. The maximum atomic E-state index is 8.58. The third-order valence-electron chi connectivity index (χ3n) is 2.37. The van der Waals surface area contributed by atoms with E-state index in [-0.39, 0.29) is 26.2 Å². The van der Waals surface area contributed by atoms with E-state index in [4.69, 9.17) is 63.1 Å². The topological polar surface area (TPSA) is 285 Å². The molecule has 0 fully saturated rings. The predicted molar refractivity (Wildman–Crippen MR) is 67.4 cm³/mol.